The Hall–Kier alpha value is -1.62. The fraction of sp³-hybridized carbons (Fsp3) is 0. The van der Waals surface area contributed by atoms with Gasteiger partial charge in [0.1, 0.15) is 0 Å². The average Bonchev–Trinajstić information content (AvgIpc) is 2.84. The van der Waals surface area contributed by atoms with Crippen LogP contribution < -0.4 is 11.5 Å². The molecule has 4 N–H and O–H groups in total. The van der Waals surface area contributed by atoms with Gasteiger partial charge in [0, 0.05) is 0 Å². The Morgan fingerprint density at radius 3 is 1.13 bits per heavy atom. The second-order valence-corrected chi connectivity index (χ2v) is 5.73. The molecule has 0 aliphatic rings. The van der Waals surface area contributed by atoms with Crippen molar-refractivity contribution in [2.24, 2.45) is 0 Å². The molecule has 0 heterocycles. The number of nitrogens with two attached hydrogens (primary N) is 2. The molecule has 0 radical (unpaired) electrons. The van der Waals surface area contributed by atoms with Crippen LogP contribution in [0.15, 0.2) is 97.1 Å². The summed E-state index contributed by atoms with van der Waals surface area (Å²) in [4.78, 5) is 0. The number of halogens is 2. The maximum absolute atomic E-state index is 5.83. The quantitative estimate of drug-likeness (QED) is 0.147. The second kappa shape index (κ2) is 16.1. The third-order valence-electron chi connectivity index (χ3n) is 3.92. The molecular formula is C24H20Cl2N2Pd2. The van der Waals surface area contributed by atoms with Gasteiger partial charge in [-0.15, -0.1) is 71.8 Å². The first kappa shape index (κ1) is 26.4. The summed E-state index contributed by atoms with van der Waals surface area (Å²) < 4.78 is 0. The van der Waals surface area contributed by atoms with Crippen LogP contribution in [0.25, 0.3) is 22.3 Å². The van der Waals surface area contributed by atoms with Gasteiger partial charge in [-0.25, -0.2) is 0 Å². The first-order chi connectivity index (χ1) is 14.8. The fourth-order valence-corrected chi connectivity index (χ4v) is 2.61. The van der Waals surface area contributed by atoms with E-state index in [9.17, 15) is 0 Å². The van der Waals surface area contributed by atoms with E-state index in [4.69, 9.17) is 11.5 Å². The Balaban J connectivity index is 0.000000258. The van der Waals surface area contributed by atoms with Gasteiger partial charge in [0.05, 0.1) is 0 Å². The van der Waals surface area contributed by atoms with E-state index < -0.39 is 0 Å². The van der Waals surface area contributed by atoms with Crippen molar-refractivity contribution >= 4 is 30.4 Å². The predicted molar refractivity (Wildman–Crippen MR) is 122 cm³/mol. The molecule has 160 valence electrons. The van der Waals surface area contributed by atoms with Crippen molar-refractivity contribution in [2.45, 2.75) is 0 Å². The van der Waals surface area contributed by atoms with Gasteiger partial charge in [-0.1, -0.05) is 47.5 Å². The van der Waals surface area contributed by atoms with Crippen LogP contribution in [0, 0.1) is 12.1 Å². The first-order valence-corrected chi connectivity index (χ1v) is 12.6. The maximum atomic E-state index is 5.83. The van der Waals surface area contributed by atoms with Crippen molar-refractivity contribution in [3.63, 3.8) is 0 Å². The topological polar surface area (TPSA) is 52.0 Å². The zero-order chi connectivity index (χ0) is 22.2. The molecule has 4 aromatic carbocycles. The molecule has 30 heavy (non-hydrogen) atoms. The predicted octanol–water partition coefficient (Wildman–Crippen LogP) is 6.85. The summed E-state index contributed by atoms with van der Waals surface area (Å²) in [5, 5.41) is 0. The normalized spacial score (nSPS) is 9.00. The first-order valence-electron chi connectivity index (χ1n) is 8.63. The molecule has 0 bridgehead atoms. The number of rotatable bonds is 2. The molecule has 0 atom stereocenters. The van der Waals surface area contributed by atoms with Gasteiger partial charge in [0.15, 0.2) is 0 Å². The van der Waals surface area contributed by atoms with Crippen LogP contribution in [0.1, 0.15) is 0 Å². The van der Waals surface area contributed by atoms with E-state index in [2.05, 4.69) is 67.6 Å². The van der Waals surface area contributed by atoms with Crippen LogP contribution >= 0.6 is 19.1 Å². The molecule has 0 aliphatic carbocycles. The van der Waals surface area contributed by atoms with Crippen molar-refractivity contribution in [1.29, 1.82) is 0 Å². The third kappa shape index (κ3) is 8.63. The monoisotopic (exact) mass is 618 g/mol. The van der Waals surface area contributed by atoms with E-state index in [1.807, 2.05) is 97.1 Å². The van der Waals surface area contributed by atoms with Gasteiger partial charge in [-0.3, -0.25) is 0 Å². The summed E-state index contributed by atoms with van der Waals surface area (Å²) in [6, 6.07) is 37.6. The molecule has 2 nitrogen and oxygen atoms in total. The van der Waals surface area contributed by atoms with Crippen LogP contribution in [-0.2, 0) is 36.4 Å². The molecule has 4 rings (SSSR count). The van der Waals surface area contributed by atoms with E-state index in [-0.39, 0.29) is 0 Å². The molecule has 0 saturated carbocycles. The molecule has 0 unspecified atom stereocenters. The third-order valence-corrected chi connectivity index (χ3v) is 3.92. The Bertz CT molecular complexity index is 888. The number of para-hydroxylation sites is 2. The average molecular weight is 620 g/mol. The Morgan fingerprint density at radius 1 is 0.500 bits per heavy atom. The van der Waals surface area contributed by atoms with Gasteiger partial charge >= 0.3 is 55.4 Å². The van der Waals surface area contributed by atoms with Crippen LogP contribution in [0.3, 0.4) is 0 Å². The van der Waals surface area contributed by atoms with Gasteiger partial charge in [0.25, 0.3) is 0 Å². The molecule has 4 aromatic rings. The SMILES string of the molecule is Nc1ccccc1-c1[c-]cccc1.Nc1ccccc1-c1[c-]cccc1.[Cl][Pd+].[Cl][Pd+]. The van der Waals surface area contributed by atoms with Crippen molar-refractivity contribution in [3.05, 3.63) is 109 Å². The number of hydrogen-bond donors (Lipinski definition) is 2. The molecule has 0 saturated heterocycles. The van der Waals surface area contributed by atoms with E-state index in [0.29, 0.717) is 0 Å². The molecule has 0 fully saturated rings. The number of hydrogen-bond acceptors (Lipinski definition) is 2. The van der Waals surface area contributed by atoms with Crippen LogP contribution in [0.2, 0.25) is 0 Å². The van der Waals surface area contributed by atoms with Crippen molar-refractivity contribution in [3.8, 4) is 22.3 Å². The fourth-order valence-electron chi connectivity index (χ4n) is 2.61. The Labute approximate surface area is 208 Å². The van der Waals surface area contributed by atoms with Gasteiger partial charge in [-0.05, 0) is 23.5 Å². The summed E-state index contributed by atoms with van der Waals surface area (Å²) in [6.45, 7) is 0. The molecular weight excluding hydrogens is 600 g/mol. The number of anilines is 2. The van der Waals surface area contributed by atoms with Crippen molar-refractivity contribution in [1.82, 2.24) is 0 Å². The van der Waals surface area contributed by atoms with Crippen LogP contribution in [-0.4, -0.2) is 0 Å². The minimum absolute atomic E-state index is 0.796. The summed E-state index contributed by atoms with van der Waals surface area (Å²) >= 11 is 4.44. The zero-order valence-corrected chi connectivity index (χ0v) is 20.4. The van der Waals surface area contributed by atoms with Gasteiger partial charge < -0.3 is 11.5 Å². The summed E-state index contributed by atoms with van der Waals surface area (Å²) in [6.07, 6.45) is 0. The summed E-state index contributed by atoms with van der Waals surface area (Å²) in [5.74, 6) is 0. The molecule has 0 aliphatic heterocycles. The summed E-state index contributed by atoms with van der Waals surface area (Å²) in [5.41, 5.74) is 17.4. The molecule has 0 amide bonds. The summed E-state index contributed by atoms with van der Waals surface area (Å²) in [7, 11) is 8.98. The second-order valence-electron chi connectivity index (χ2n) is 5.73. The van der Waals surface area contributed by atoms with Crippen LogP contribution in [0.5, 0.6) is 0 Å². The Kier molecular flexibility index (Phi) is 14.2. The van der Waals surface area contributed by atoms with Gasteiger partial charge in [-0.2, -0.15) is 0 Å². The Morgan fingerprint density at radius 2 is 0.833 bits per heavy atom. The number of nitrogen functional groups attached to an aromatic ring is 2. The van der Waals surface area contributed by atoms with E-state index in [1.54, 1.807) is 0 Å². The molecule has 6 heteroatoms. The van der Waals surface area contributed by atoms with E-state index in [1.165, 1.54) is 0 Å². The van der Waals surface area contributed by atoms with E-state index in [0.717, 1.165) is 33.6 Å². The molecule has 0 aromatic heterocycles. The van der Waals surface area contributed by atoms with Crippen molar-refractivity contribution < 1.29 is 36.4 Å². The van der Waals surface area contributed by atoms with Crippen molar-refractivity contribution in [2.75, 3.05) is 11.5 Å². The molecule has 0 spiro atoms. The standard InChI is InChI=1S/2C12H10N.2ClH.2Pd/c2*13-12-9-5-4-8-11(12)10-6-2-1-3-7-10;;;;/h2*1-6,8-9H,13H2;2*1H;;/q2*-1;;;2*+2/p-2. The van der Waals surface area contributed by atoms with Gasteiger partial charge in [0.2, 0.25) is 0 Å². The minimum atomic E-state index is 0.796. The number of benzene rings is 4. The zero-order valence-electron chi connectivity index (χ0n) is 15.8. The van der Waals surface area contributed by atoms with E-state index >= 15 is 0 Å². The van der Waals surface area contributed by atoms with Crippen LogP contribution in [0.4, 0.5) is 11.4 Å².